The topological polar surface area (TPSA) is 29.0 Å². The fraction of sp³-hybridized carbons (Fsp3) is 0.300. The molecule has 1 aliphatic rings. The smallest absolute Gasteiger partial charge is 0.162 e. The molecule has 0 aliphatic carbocycles. The third-order valence-electron chi connectivity index (χ3n) is 4.84. The molecule has 3 aromatic rings. The van der Waals surface area contributed by atoms with Crippen LogP contribution in [0.25, 0.3) is 22.3 Å². The number of para-hydroxylation sites is 1. The van der Waals surface area contributed by atoms with Crippen molar-refractivity contribution in [1.82, 2.24) is 9.97 Å². The summed E-state index contributed by atoms with van der Waals surface area (Å²) in [6.45, 7) is 4.38. The van der Waals surface area contributed by atoms with E-state index in [0.717, 1.165) is 41.3 Å². The first-order valence-corrected chi connectivity index (χ1v) is 9.34. The molecular formula is C20H19Cl2N3. The summed E-state index contributed by atoms with van der Waals surface area (Å²) in [6, 6.07) is 13.7. The lowest BCUT2D eigenvalue weighted by atomic mass is 9.99. The quantitative estimate of drug-likeness (QED) is 0.566. The lowest BCUT2D eigenvalue weighted by Crippen LogP contribution is -2.33. The van der Waals surface area contributed by atoms with Crippen molar-refractivity contribution in [2.24, 2.45) is 5.92 Å². The van der Waals surface area contributed by atoms with E-state index in [1.165, 1.54) is 12.8 Å². The first kappa shape index (κ1) is 16.6. The van der Waals surface area contributed by atoms with Crippen LogP contribution in [0.2, 0.25) is 10.0 Å². The highest BCUT2D eigenvalue weighted by Gasteiger charge is 2.20. The van der Waals surface area contributed by atoms with E-state index >= 15 is 0 Å². The number of hydrogen-bond acceptors (Lipinski definition) is 3. The highest BCUT2D eigenvalue weighted by molar-refractivity contribution is 6.42. The zero-order chi connectivity index (χ0) is 17.4. The number of anilines is 1. The van der Waals surface area contributed by atoms with E-state index in [4.69, 9.17) is 33.2 Å². The second kappa shape index (κ2) is 6.81. The largest absolute Gasteiger partial charge is 0.356 e. The molecule has 3 nitrogen and oxygen atoms in total. The molecule has 4 rings (SSSR count). The van der Waals surface area contributed by atoms with Gasteiger partial charge in [-0.25, -0.2) is 9.97 Å². The summed E-state index contributed by atoms with van der Waals surface area (Å²) in [7, 11) is 0. The van der Waals surface area contributed by atoms with Crippen LogP contribution in [-0.2, 0) is 0 Å². The van der Waals surface area contributed by atoms with Crippen molar-refractivity contribution in [3.63, 3.8) is 0 Å². The number of piperidine rings is 1. The maximum Gasteiger partial charge on any atom is 0.162 e. The van der Waals surface area contributed by atoms with Gasteiger partial charge in [-0.15, -0.1) is 0 Å². The maximum absolute atomic E-state index is 6.19. The van der Waals surface area contributed by atoms with Crippen LogP contribution >= 0.6 is 23.2 Å². The third-order valence-corrected chi connectivity index (χ3v) is 5.58. The second-order valence-electron chi connectivity index (χ2n) is 6.69. The summed E-state index contributed by atoms with van der Waals surface area (Å²) in [5.41, 5.74) is 1.83. The molecule has 0 saturated carbocycles. The van der Waals surface area contributed by atoms with E-state index in [2.05, 4.69) is 17.9 Å². The number of rotatable bonds is 2. The number of aromatic nitrogens is 2. The van der Waals surface area contributed by atoms with Gasteiger partial charge in [0.1, 0.15) is 5.82 Å². The van der Waals surface area contributed by atoms with Crippen LogP contribution in [0.15, 0.2) is 42.5 Å². The van der Waals surface area contributed by atoms with Crippen molar-refractivity contribution >= 4 is 39.9 Å². The Morgan fingerprint density at radius 1 is 0.960 bits per heavy atom. The van der Waals surface area contributed by atoms with Crippen molar-refractivity contribution in [2.75, 3.05) is 18.0 Å². The van der Waals surface area contributed by atoms with Crippen molar-refractivity contribution in [3.05, 3.63) is 52.5 Å². The molecule has 5 heteroatoms. The average molecular weight is 372 g/mol. The standard InChI is InChI=1S/C20H19Cl2N3/c1-13-8-10-25(11-9-13)20-15-4-2-3-5-18(15)23-19(24-20)14-6-7-16(21)17(22)12-14/h2-7,12-13H,8-11H2,1H3. The Morgan fingerprint density at radius 3 is 2.48 bits per heavy atom. The molecule has 0 bridgehead atoms. The van der Waals surface area contributed by atoms with Gasteiger partial charge in [-0.2, -0.15) is 0 Å². The van der Waals surface area contributed by atoms with Gasteiger partial charge in [-0.05, 0) is 49.1 Å². The van der Waals surface area contributed by atoms with Gasteiger partial charge in [-0.3, -0.25) is 0 Å². The number of nitrogens with zero attached hydrogens (tertiary/aromatic N) is 3. The van der Waals surface area contributed by atoms with Gasteiger partial charge in [-0.1, -0.05) is 42.3 Å². The molecule has 1 saturated heterocycles. The van der Waals surface area contributed by atoms with Crippen molar-refractivity contribution in [1.29, 1.82) is 0 Å². The van der Waals surface area contributed by atoms with Crippen LogP contribution in [0, 0.1) is 5.92 Å². The number of benzene rings is 2. The van der Waals surface area contributed by atoms with Crippen LogP contribution in [0.1, 0.15) is 19.8 Å². The molecule has 128 valence electrons. The van der Waals surface area contributed by atoms with Gasteiger partial charge in [0, 0.05) is 24.0 Å². The summed E-state index contributed by atoms with van der Waals surface area (Å²) in [5, 5.41) is 2.15. The van der Waals surface area contributed by atoms with Gasteiger partial charge >= 0.3 is 0 Å². The molecule has 2 heterocycles. The van der Waals surface area contributed by atoms with E-state index in [9.17, 15) is 0 Å². The molecule has 1 aliphatic heterocycles. The Balaban J connectivity index is 1.84. The summed E-state index contributed by atoms with van der Waals surface area (Å²) >= 11 is 12.2. The van der Waals surface area contributed by atoms with E-state index < -0.39 is 0 Å². The first-order valence-electron chi connectivity index (χ1n) is 8.59. The minimum absolute atomic E-state index is 0.518. The fourth-order valence-electron chi connectivity index (χ4n) is 3.29. The Hall–Kier alpha value is -1.84. The lowest BCUT2D eigenvalue weighted by molar-refractivity contribution is 0.437. The Labute approximate surface area is 157 Å². The van der Waals surface area contributed by atoms with Crippen LogP contribution in [-0.4, -0.2) is 23.1 Å². The minimum atomic E-state index is 0.518. The molecule has 25 heavy (non-hydrogen) atoms. The van der Waals surface area contributed by atoms with Gasteiger partial charge in [0.15, 0.2) is 5.82 Å². The molecule has 1 fully saturated rings. The van der Waals surface area contributed by atoms with Gasteiger partial charge in [0.05, 0.1) is 15.6 Å². The monoisotopic (exact) mass is 371 g/mol. The summed E-state index contributed by atoms with van der Waals surface area (Å²) in [4.78, 5) is 12.0. The van der Waals surface area contributed by atoms with Crippen LogP contribution < -0.4 is 4.90 Å². The Kier molecular flexibility index (Phi) is 4.53. The fourth-order valence-corrected chi connectivity index (χ4v) is 3.58. The molecule has 2 aromatic carbocycles. The highest BCUT2D eigenvalue weighted by atomic mass is 35.5. The molecule has 0 amide bonds. The number of halogens is 2. The predicted molar refractivity (Wildman–Crippen MR) is 106 cm³/mol. The zero-order valence-corrected chi connectivity index (χ0v) is 15.6. The van der Waals surface area contributed by atoms with Crippen molar-refractivity contribution < 1.29 is 0 Å². The SMILES string of the molecule is CC1CCN(c2nc(-c3ccc(Cl)c(Cl)c3)nc3ccccc23)CC1. The highest BCUT2D eigenvalue weighted by Crippen LogP contribution is 2.32. The molecule has 0 radical (unpaired) electrons. The Bertz CT molecular complexity index is 918. The summed E-state index contributed by atoms with van der Waals surface area (Å²) in [5.74, 6) is 2.48. The van der Waals surface area contributed by atoms with Gasteiger partial charge in [0.25, 0.3) is 0 Å². The van der Waals surface area contributed by atoms with E-state index in [1.54, 1.807) is 6.07 Å². The lowest BCUT2D eigenvalue weighted by Gasteiger charge is -2.32. The summed E-state index contributed by atoms with van der Waals surface area (Å²) < 4.78 is 0. The zero-order valence-electron chi connectivity index (χ0n) is 14.0. The Morgan fingerprint density at radius 2 is 1.72 bits per heavy atom. The minimum Gasteiger partial charge on any atom is -0.356 e. The molecule has 0 spiro atoms. The van der Waals surface area contributed by atoms with E-state index in [1.807, 2.05) is 30.3 Å². The van der Waals surface area contributed by atoms with Crippen LogP contribution in [0.5, 0.6) is 0 Å². The van der Waals surface area contributed by atoms with Gasteiger partial charge in [0.2, 0.25) is 0 Å². The van der Waals surface area contributed by atoms with Gasteiger partial charge < -0.3 is 4.90 Å². The second-order valence-corrected chi connectivity index (χ2v) is 7.50. The van der Waals surface area contributed by atoms with Crippen LogP contribution in [0.4, 0.5) is 5.82 Å². The summed E-state index contributed by atoms with van der Waals surface area (Å²) in [6.07, 6.45) is 2.39. The molecule has 1 aromatic heterocycles. The predicted octanol–water partition coefficient (Wildman–Crippen LogP) is 5.84. The average Bonchev–Trinajstić information content (AvgIpc) is 2.64. The molecular weight excluding hydrogens is 353 g/mol. The maximum atomic E-state index is 6.19. The first-order chi connectivity index (χ1) is 12.1. The normalized spacial score (nSPS) is 15.7. The molecule has 0 unspecified atom stereocenters. The van der Waals surface area contributed by atoms with E-state index in [-0.39, 0.29) is 0 Å². The van der Waals surface area contributed by atoms with Crippen LogP contribution in [0.3, 0.4) is 0 Å². The third kappa shape index (κ3) is 3.31. The molecule has 0 N–H and O–H groups in total. The number of fused-ring (bicyclic) bond motifs is 1. The van der Waals surface area contributed by atoms with Crippen molar-refractivity contribution in [2.45, 2.75) is 19.8 Å². The number of hydrogen-bond donors (Lipinski definition) is 0. The molecule has 0 atom stereocenters. The van der Waals surface area contributed by atoms with E-state index in [0.29, 0.717) is 15.9 Å². The van der Waals surface area contributed by atoms with Crippen molar-refractivity contribution in [3.8, 4) is 11.4 Å².